The molecular formula is C12H14ClNO4. The Balaban J connectivity index is 2.75. The molecule has 0 heterocycles. The Kier molecular flexibility index (Phi) is 4.29. The third-order valence-electron chi connectivity index (χ3n) is 2.32. The summed E-state index contributed by atoms with van der Waals surface area (Å²) in [4.78, 5) is 21.6. The lowest BCUT2D eigenvalue weighted by Gasteiger charge is -2.17. The average molecular weight is 272 g/mol. The van der Waals surface area contributed by atoms with Crippen molar-refractivity contribution in [1.29, 1.82) is 0 Å². The first-order chi connectivity index (χ1) is 8.21. The van der Waals surface area contributed by atoms with Crippen molar-refractivity contribution in [3.05, 3.63) is 33.3 Å². The van der Waals surface area contributed by atoms with E-state index < -0.39 is 10.3 Å². The average Bonchev–Trinajstić information content (AvgIpc) is 2.25. The molecule has 0 bridgehead atoms. The Hall–Kier alpha value is -1.62. The van der Waals surface area contributed by atoms with Crippen LogP contribution in [0.5, 0.6) is 5.75 Å². The van der Waals surface area contributed by atoms with Crippen LogP contribution in [0.3, 0.4) is 0 Å². The van der Waals surface area contributed by atoms with Crippen molar-refractivity contribution in [3.63, 3.8) is 0 Å². The van der Waals surface area contributed by atoms with Gasteiger partial charge < -0.3 is 4.74 Å². The second-order valence-electron chi connectivity index (χ2n) is 4.83. The molecule has 0 saturated heterocycles. The van der Waals surface area contributed by atoms with Gasteiger partial charge in [-0.3, -0.25) is 14.9 Å². The number of carbonyl (C=O) groups is 1. The second kappa shape index (κ2) is 5.35. The summed E-state index contributed by atoms with van der Waals surface area (Å²) in [5, 5.41) is 10.6. The number of carbonyl (C=O) groups excluding carboxylic acids is 1. The van der Waals surface area contributed by atoms with E-state index in [9.17, 15) is 14.9 Å². The first kappa shape index (κ1) is 14.4. The molecule has 1 aromatic carbocycles. The summed E-state index contributed by atoms with van der Waals surface area (Å²) in [6.07, 6.45) is 0. The Morgan fingerprint density at radius 3 is 2.50 bits per heavy atom. The van der Waals surface area contributed by atoms with Gasteiger partial charge in [-0.15, -0.1) is 0 Å². The molecule has 0 aromatic heterocycles. The van der Waals surface area contributed by atoms with Crippen molar-refractivity contribution in [3.8, 4) is 5.75 Å². The highest BCUT2D eigenvalue weighted by atomic mass is 35.5. The van der Waals surface area contributed by atoms with Gasteiger partial charge in [0.25, 0.3) is 5.69 Å². The quantitative estimate of drug-likeness (QED) is 0.623. The summed E-state index contributed by atoms with van der Waals surface area (Å²) in [6, 6.07) is 3.86. The minimum absolute atomic E-state index is 0.0723. The number of hydrogen-bond donors (Lipinski definition) is 0. The van der Waals surface area contributed by atoms with Crippen molar-refractivity contribution < 1.29 is 14.5 Å². The lowest BCUT2D eigenvalue weighted by Crippen LogP contribution is -2.26. The molecule has 0 aliphatic rings. The SMILES string of the molecule is CC(C)(C)C(=O)COc1ccc([N+](=O)[O-])cc1Cl. The molecule has 5 nitrogen and oxygen atoms in total. The molecule has 0 fully saturated rings. The highest BCUT2D eigenvalue weighted by molar-refractivity contribution is 6.32. The van der Waals surface area contributed by atoms with Crippen molar-refractivity contribution >= 4 is 23.1 Å². The van der Waals surface area contributed by atoms with E-state index in [-0.39, 0.29) is 28.8 Å². The largest absolute Gasteiger partial charge is 0.484 e. The van der Waals surface area contributed by atoms with Gasteiger partial charge in [0.15, 0.2) is 5.78 Å². The molecular weight excluding hydrogens is 258 g/mol. The fourth-order valence-electron chi connectivity index (χ4n) is 1.08. The minimum atomic E-state index is -0.546. The molecule has 1 aromatic rings. The number of halogens is 1. The number of nitro benzene ring substituents is 1. The van der Waals surface area contributed by atoms with Crippen molar-refractivity contribution in [2.75, 3.05) is 6.61 Å². The number of hydrogen-bond acceptors (Lipinski definition) is 4. The van der Waals surface area contributed by atoms with E-state index in [0.29, 0.717) is 0 Å². The minimum Gasteiger partial charge on any atom is -0.484 e. The number of Topliss-reactive ketones (excluding diaryl/α,β-unsaturated/α-hetero) is 1. The smallest absolute Gasteiger partial charge is 0.271 e. The fraction of sp³-hybridized carbons (Fsp3) is 0.417. The highest BCUT2D eigenvalue weighted by Gasteiger charge is 2.22. The van der Waals surface area contributed by atoms with Crippen LogP contribution in [-0.2, 0) is 4.79 Å². The first-order valence-corrected chi connectivity index (χ1v) is 5.69. The van der Waals surface area contributed by atoms with E-state index in [1.54, 1.807) is 20.8 Å². The van der Waals surface area contributed by atoms with Gasteiger partial charge in [0.2, 0.25) is 0 Å². The van der Waals surface area contributed by atoms with Gasteiger partial charge in [-0.1, -0.05) is 32.4 Å². The zero-order valence-corrected chi connectivity index (χ0v) is 11.2. The van der Waals surface area contributed by atoms with Gasteiger partial charge >= 0.3 is 0 Å². The highest BCUT2D eigenvalue weighted by Crippen LogP contribution is 2.29. The standard InChI is InChI=1S/C12H14ClNO4/c1-12(2,3)11(15)7-18-10-5-4-8(14(16)17)6-9(10)13/h4-6H,7H2,1-3H3. The number of nitrogens with zero attached hydrogens (tertiary/aromatic N) is 1. The number of ketones is 1. The molecule has 6 heteroatoms. The Labute approximate surface area is 110 Å². The molecule has 0 saturated carbocycles. The van der Waals surface area contributed by atoms with Crippen LogP contribution < -0.4 is 4.74 Å². The molecule has 1 rings (SSSR count). The molecule has 0 N–H and O–H groups in total. The summed E-state index contributed by atoms with van der Waals surface area (Å²) >= 11 is 5.83. The van der Waals surface area contributed by atoms with E-state index in [2.05, 4.69) is 0 Å². The van der Waals surface area contributed by atoms with E-state index >= 15 is 0 Å². The normalized spacial score (nSPS) is 11.1. The third kappa shape index (κ3) is 3.70. The maximum Gasteiger partial charge on any atom is 0.271 e. The number of rotatable bonds is 4. The zero-order chi connectivity index (χ0) is 13.9. The van der Waals surface area contributed by atoms with Crippen LogP contribution >= 0.6 is 11.6 Å². The lowest BCUT2D eigenvalue weighted by atomic mass is 9.91. The van der Waals surface area contributed by atoms with Crippen molar-refractivity contribution in [2.24, 2.45) is 5.41 Å². The summed E-state index contributed by atoms with van der Waals surface area (Å²) in [6.45, 7) is 5.25. The van der Waals surface area contributed by atoms with Crippen LogP contribution in [0, 0.1) is 15.5 Å². The van der Waals surface area contributed by atoms with Crippen LogP contribution in [0.15, 0.2) is 18.2 Å². The summed E-state index contributed by atoms with van der Waals surface area (Å²) in [5.74, 6) is 0.191. The van der Waals surface area contributed by atoms with E-state index in [1.807, 2.05) is 0 Å². The van der Waals surface area contributed by atoms with Gasteiger partial charge in [-0.25, -0.2) is 0 Å². The topological polar surface area (TPSA) is 69.4 Å². The van der Waals surface area contributed by atoms with Crippen molar-refractivity contribution in [1.82, 2.24) is 0 Å². The Bertz CT molecular complexity index is 479. The van der Waals surface area contributed by atoms with Gasteiger partial charge in [-0.2, -0.15) is 0 Å². The van der Waals surface area contributed by atoms with E-state index in [4.69, 9.17) is 16.3 Å². The van der Waals surface area contributed by atoms with Crippen molar-refractivity contribution in [2.45, 2.75) is 20.8 Å². The third-order valence-corrected chi connectivity index (χ3v) is 2.62. The van der Waals surface area contributed by atoms with Gasteiger partial charge in [0.1, 0.15) is 12.4 Å². The summed E-state index contributed by atoms with van der Waals surface area (Å²) in [7, 11) is 0. The lowest BCUT2D eigenvalue weighted by molar-refractivity contribution is -0.384. The van der Waals surface area contributed by atoms with Gasteiger partial charge in [0, 0.05) is 17.5 Å². The molecule has 0 aliphatic heterocycles. The molecule has 0 unspecified atom stereocenters. The predicted octanol–water partition coefficient (Wildman–Crippen LogP) is 3.24. The van der Waals surface area contributed by atoms with Crippen LogP contribution in [-0.4, -0.2) is 17.3 Å². The van der Waals surface area contributed by atoms with Gasteiger partial charge in [-0.05, 0) is 6.07 Å². The number of ether oxygens (including phenoxy) is 1. The van der Waals surface area contributed by atoms with E-state index in [1.165, 1.54) is 18.2 Å². The summed E-state index contributed by atoms with van der Waals surface area (Å²) in [5.41, 5.74) is -0.609. The summed E-state index contributed by atoms with van der Waals surface area (Å²) < 4.78 is 5.26. The van der Waals surface area contributed by atoms with Gasteiger partial charge in [0.05, 0.1) is 9.95 Å². The van der Waals surface area contributed by atoms with Crippen LogP contribution in [0.4, 0.5) is 5.69 Å². The Morgan fingerprint density at radius 2 is 2.06 bits per heavy atom. The molecule has 0 atom stereocenters. The maximum atomic E-state index is 11.6. The number of benzene rings is 1. The second-order valence-corrected chi connectivity index (χ2v) is 5.24. The molecule has 0 spiro atoms. The molecule has 18 heavy (non-hydrogen) atoms. The van der Waals surface area contributed by atoms with E-state index in [0.717, 1.165) is 0 Å². The van der Waals surface area contributed by atoms with Crippen LogP contribution in [0.1, 0.15) is 20.8 Å². The molecule has 98 valence electrons. The number of non-ortho nitro benzene ring substituents is 1. The monoisotopic (exact) mass is 271 g/mol. The number of nitro groups is 1. The predicted molar refractivity (Wildman–Crippen MR) is 68.1 cm³/mol. The molecule has 0 amide bonds. The molecule has 0 radical (unpaired) electrons. The first-order valence-electron chi connectivity index (χ1n) is 5.32. The van der Waals surface area contributed by atoms with Crippen LogP contribution in [0.25, 0.3) is 0 Å². The molecule has 0 aliphatic carbocycles. The zero-order valence-electron chi connectivity index (χ0n) is 10.4. The maximum absolute atomic E-state index is 11.6. The van der Waals surface area contributed by atoms with Crippen LogP contribution in [0.2, 0.25) is 5.02 Å². The Morgan fingerprint density at radius 1 is 1.44 bits per heavy atom. The fourth-order valence-corrected chi connectivity index (χ4v) is 1.31.